The maximum absolute atomic E-state index is 12.3. The van der Waals surface area contributed by atoms with Crippen molar-refractivity contribution in [2.75, 3.05) is 33.7 Å². The minimum atomic E-state index is -0.185. The molecule has 3 N–H and O–H groups in total. The van der Waals surface area contributed by atoms with Crippen LogP contribution in [0.15, 0.2) is 0 Å². The molecule has 1 aliphatic heterocycles. The number of carbonyl (C=O) groups excluding carboxylic acids is 2. The summed E-state index contributed by atoms with van der Waals surface area (Å²) >= 11 is 0. The summed E-state index contributed by atoms with van der Waals surface area (Å²) in [6.07, 6.45) is 4.22. The third kappa shape index (κ3) is 6.83. The molecule has 2 rings (SSSR count). The lowest BCUT2D eigenvalue weighted by Gasteiger charge is -2.27. The molecule has 0 aromatic carbocycles. The van der Waals surface area contributed by atoms with Gasteiger partial charge in [-0.1, -0.05) is 0 Å². The number of nitrogens with one attached hydrogen (secondary N) is 1. The first-order valence-corrected chi connectivity index (χ1v) is 7.94. The Morgan fingerprint density at radius 1 is 1.26 bits per heavy atom. The van der Waals surface area contributed by atoms with Gasteiger partial charge in [-0.2, -0.15) is 0 Å². The topological polar surface area (TPSA) is 78.7 Å². The molecule has 0 radical (unpaired) electrons. The second-order valence-corrected chi connectivity index (χ2v) is 6.66. The lowest BCUT2D eigenvalue weighted by Crippen LogP contribution is -2.43. The van der Waals surface area contributed by atoms with E-state index in [9.17, 15) is 9.59 Å². The molecule has 1 saturated heterocycles. The first-order chi connectivity index (χ1) is 9.95. The Kier molecular flexibility index (Phi) is 10.1. The standard InChI is InChI=1S/C15H28N4O2.2ClH/c1-18(2)7-8-19-10-11(9-14(19)20)15(21)17-13-5-3-12(16)4-6-13;;/h11-13H,3-10,16H2,1-2H3,(H,17,21);2*1H. The average molecular weight is 369 g/mol. The third-order valence-electron chi connectivity index (χ3n) is 4.52. The van der Waals surface area contributed by atoms with Crippen molar-refractivity contribution in [2.45, 2.75) is 44.2 Å². The fraction of sp³-hybridized carbons (Fsp3) is 0.867. The zero-order valence-electron chi connectivity index (χ0n) is 14.0. The number of hydrogen-bond donors (Lipinski definition) is 2. The van der Waals surface area contributed by atoms with E-state index in [1.165, 1.54) is 0 Å². The van der Waals surface area contributed by atoms with Gasteiger partial charge in [0.2, 0.25) is 11.8 Å². The van der Waals surface area contributed by atoms with Gasteiger partial charge in [-0.15, -0.1) is 24.8 Å². The molecule has 1 aliphatic carbocycles. The van der Waals surface area contributed by atoms with Gasteiger partial charge >= 0.3 is 0 Å². The summed E-state index contributed by atoms with van der Waals surface area (Å²) in [4.78, 5) is 28.1. The fourth-order valence-electron chi connectivity index (χ4n) is 3.07. The molecule has 23 heavy (non-hydrogen) atoms. The van der Waals surface area contributed by atoms with Crippen molar-refractivity contribution in [1.82, 2.24) is 15.1 Å². The van der Waals surface area contributed by atoms with E-state index in [4.69, 9.17) is 5.73 Å². The van der Waals surface area contributed by atoms with Crippen LogP contribution < -0.4 is 11.1 Å². The van der Waals surface area contributed by atoms with Gasteiger partial charge < -0.3 is 20.9 Å². The normalized spacial score (nSPS) is 27.4. The highest BCUT2D eigenvalue weighted by Crippen LogP contribution is 2.21. The highest BCUT2D eigenvalue weighted by atomic mass is 35.5. The Bertz CT molecular complexity index is 388. The lowest BCUT2D eigenvalue weighted by atomic mass is 9.91. The van der Waals surface area contributed by atoms with Crippen molar-refractivity contribution in [3.63, 3.8) is 0 Å². The van der Waals surface area contributed by atoms with Crippen molar-refractivity contribution in [3.05, 3.63) is 0 Å². The van der Waals surface area contributed by atoms with Crippen LogP contribution in [0.4, 0.5) is 0 Å². The summed E-state index contributed by atoms with van der Waals surface area (Å²) in [5.41, 5.74) is 5.88. The van der Waals surface area contributed by atoms with Crippen molar-refractivity contribution < 1.29 is 9.59 Å². The Hall–Kier alpha value is -0.560. The SMILES string of the molecule is CN(C)CCN1CC(C(=O)NC2CCC(N)CC2)CC1=O.Cl.Cl. The Morgan fingerprint density at radius 2 is 1.87 bits per heavy atom. The van der Waals surface area contributed by atoms with Crippen LogP contribution in [0.5, 0.6) is 0 Å². The van der Waals surface area contributed by atoms with Crippen LogP contribution >= 0.6 is 24.8 Å². The highest BCUT2D eigenvalue weighted by molar-refractivity contribution is 5.89. The number of hydrogen-bond acceptors (Lipinski definition) is 4. The van der Waals surface area contributed by atoms with Gasteiger partial charge in [0.05, 0.1) is 5.92 Å². The first-order valence-electron chi connectivity index (χ1n) is 7.94. The lowest BCUT2D eigenvalue weighted by molar-refractivity contribution is -0.129. The predicted octanol–water partition coefficient (Wildman–Crippen LogP) is 0.626. The molecule has 0 spiro atoms. The molecule has 1 atom stereocenters. The quantitative estimate of drug-likeness (QED) is 0.745. The minimum absolute atomic E-state index is 0. The first kappa shape index (κ1) is 22.4. The number of carbonyl (C=O) groups is 2. The molecular weight excluding hydrogens is 339 g/mol. The number of likely N-dealkylation sites (tertiary alicyclic amines) is 1. The largest absolute Gasteiger partial charge is 0.353 e. The molecule has 2 amide bonds. The summed E-state index contributed by atoms with van der Waals surface area (Å²) in [7, 11) is 3.97. The number of nitrogens with zero attached hydrogens (tertiary/aromatic N) is 2. The van der Waals surface area contributed by atoms with E-state index < -0.39 is 0 Å². The molecule has 136 valence electrons. The summed E-state index contributed by atoms with van der Waals surface area (Å²) in [5.74, 6) is -0.0471. The van der Waals surface area contributed by atoms with Crippen LogP contribution in [-0.2, 0) is 9.59 Å². The van der Waals surface area contributed by atoms with Crippen molar-refractivity contribution in [2.24, 2.45) is 11.7 Å². The van der Waals surface area contributed by atoms with Gasteiger partial charge in [0.15, 0.2) is 0 Å². The van der Waals surface area contributed by atoms with E-state index in [2.05, 4.69) is 5.32 Å². The summed E-state index contributed by atoms with van der Waals surface area (Å²) < 4.78 is 0. The molecular formula is C15H30Cl2N4O2. The molecule has 0 bridgehead atoms. The Balaban J connectivity index is 0.00000242. The smallest absolute Gasteiger partial charge is 0.225 e. The second kappa shape index (κ2) is 10.3. The molecule has 1 unspecified atom stereocenters. The van der Waals surface area contributed by atoms with E-state index in [1.54, 1.807) is 4.90 Å². The number of rotatable bonds is 5. The molecule has 2 fully saturated rings. The van der Waals surface area contributed by atoms with Gasteiger partial charge in [0, 0.05) is 38.1 Å². The maximum atomic E-state index is 12.3. The molecule has 1 heterocycles. The van der Waals surface area contributed by atoms with Crippen LogP contribution in [0, 0.1) is 5.92 Å². The number of likely N-dealkylation sites (N-methyl/N-ethyl adjacent to an activating group) is 1. The maximum Gasteiger partial charge on any atom is 0.225 e. The van der Waals surface area contributed by atoms with Crippen LogP contribution in [0.2, 0.25) is 0 Å². The molecule has 6 nitrogen and oxygen atoms in total. The second-order valence-electron chi connectivity index (χ2n) is 6.66. The van der Waals surface area contributed by atoms with Crippen LogP contribution in [0.25, 0.3) is 0 Å². The number of halogens is 2. The van der Waals surface area contributed by atoms with E-state index in [0.29, 0.717) is 19.5 Å². The average Bonchev–Trinajstić information content (AvgIpc) is 2.80. The van der Waals surface area contributed by atoms with Gasteiger partial charge in [0.1, 0.15) is 0 Å². The summed E-state index contributed by atoms with van der Waals surface area (Å²) in [6, 6.07) is 0.524. The fourth-order valence-corrected chi connectivity index (χ4v) is 3.07. The van der Waals surface area contributed by atoms with E-state index in [-0.39, 0.29) is 54.6 Å². The Labute approximate surface area is 151 Å². The molecule has 0 aromatic heterocycles. The van der Waals surface area contributed by atoms with Crippen molar-refractivity contribution >= 4 is 36.6 Å². The van der Waals surface area contributed by atoms with E-state index >= 15 is 0 Å². The van der Waals surface area contributed by atoms with E-state index in [1.807, 2.05) is 19.0 Å². The van der Waals surface area contributed by atoms with Gasteiger partial charge in [-0.05, 0) is 39.8 Å². The molecule has 0 aromatic rings. The predicted molar refractivity (Wildman–Crippen MR) is 96.1 cm³/mol. The van der Waals surface area contributed by atoms with E-state index in [0.717, 1.165) is 32.2 Å². The summed E-state index contributed by atoms with van der Waals surface area (Å²) in [6.45, 7) is 2.10. The van der Waals surface area contributed by atoms with Gasteiger partial charge in [-0.3, -0.25) is 9.59 Å². The number of amides is 2. The summed E-state index contributed by atoms with van der Waals surface area (Å²) in [5, 5.41) is 3.10. The minimum Gasteiger partial charge on any atom is -0.353 e. The van der Waals surface area contributed by atoms with Crippen LogP contribution in [0.1, 0.15) is 32.1 Å². The van der Waals surface area contributed by atoms with Crippen LogP contribution in [-0.4, -0.2) is 67.4 Å². The molecule has 1 saturated carbocycles. The zero-order valence-corrected chi connectivity index (χ0v) is 15.6. The number of nitrogens with two attached hydrogens (primary N) is 1. The molecule has 8 heteroatoms. The van der Waals surface area contributed by atoms with Gasteiger partial charge in [-0.25, -0.2) is 0 Å². The van der Waals surface area contributed by atoms with Crippen molar-refractivity contribution in [1.29, 1.82) is 0 Å². The van der Waals surface area contributed by atoms with Crippen LogP contribution in [0.3, 0.4) is 0 Å². The third-order valence-corrected chi connectivity index (χ3v) is 4.52. The Morgan fingerprint density at radius 3 is 2.43 bits per heavy atom. The van der Waals surface area contributed by atoms with Gasteiger partial charge in [0.25, 0.3) is 0 Å². The van der Waals surface area contributed by atoms with Crippen molar-refractivity contribution in [3.8, 4) is 0 Å². The monoisotopic (exact) mass is 368 g/mol. The molecule has 2 aliphatic rings. The zero-order chi connectivity index (χ0) is 15.4. The highest BCUT2D eigenvalue weighted by Gasteiger charge is 2.35.